The molecule has 0 aromatic carbocycles. The van der Waals surface area contributed by atoms with Crippen LogP contribution in [0.15, 0.2) is 17.5 Å². The van der Waals surface area contributed by atoms with Crippen molar-refractivity contribution in [3.8, 4) is 10.6 Å². The Balaban J connectivity index is 2.57. The Bertz CT molecular complexity index is 553. The maximum atomic E-state index is 12.5. The van der Waals surface area contributed by atoms with Crippen molar-refractivity contribution in [1.29, 1.82) is 0 Å². The zero-order chi connectivity index (χ0) is 12.6. The molecule has 0 saturated carbocycles. The fourth-order valence-electron chi connectivity index (χ4n) is 1.19. The highest BCUT2D eigenvalue weighted by atomic mass is 35.5. The summed E-state index contributed by atoms with van der Waals surface area (Å²) >= 11 is 7.01. The third-order valence-electron chi connectivity index (χ3n) is 1.85. The summed E-state index contributed by atoms with van der Waals surface area (Å²) in [5, 5.41) is 1.99. The van der Waals surface area contributed by atoms with E-state index in [1.54, 1.807) is 11.4 Å². The van der Waals surface area contributed by atoms with E-state index in [0.29, 0.717) is 9.90 Å². The minimum absolute atomic E-state index is 0.0739. The van der Waals surface area contributed by atoms with Gasteiger partial charge in [0.15, 0.2) is 0 Å². The van der Waals surface area contributed by atoms with Gasteiger partial charge in [-0.05, 0) is 11.4 Å². The number of anilines is 1. The number of nitrogens with two attached hydrogens (primary N) is 1. The molecule has 2 heterocycles. The molecule has 0 unspecified atom stereocenters. The normalized spacial score (nSPS) is 11.8. The van der Waals surface area contributed by atoms with Crippen LogP contribution in [0, 0.1) is 0 Å². The van der Waals surface area contributed by atoms with Crippen molar-refractivity contribution in [2.45, 2.75) is 6.18 Å². The van der Waals surface area contributed by atoms with E-state index in [1.165, 1.54) is 17.4 Å². The summed E-state index contributed by atoms with van der Waals surface area (Å²) in [5.74, 6) is -1.51. The molecular weight excluding hydrogens is 275 g/mol. The van der Waals surface area contributed by atoms with Gasteiger partial charge in [0.2, 0.25) is 5.82 Å². The average molecular weight is 280 g/mol. The number of nitrogens with zero attached hydrogens (tertiary/aromatic N) is 2. The van der Waals surface area contributed by atoms with Crippen molar-refractivity contribution < 1.29 is 13.2 Å². The summed E-state index contributed by atoms with van der Waals surface area (Å²) in [5.41, 5.74) is 5.40. The number of aromatic nitrogens is 2. The summed E-state index contributed by atoms with van der Waals surface area (Å²) in [6.45, 7) is 0. The van der Waals surface area contributed by atoms with E-state index in [-0.39, 0.29) is 11.5 Å². The lowest BCUT2D eigenvalue weighted by molar-refractivity contribution is -0.144. The summed E-state index contributed by atoms with van der Waals surface area (Å²) < 4.78 is 37.4. The molecule has 2 aromatic rings. The molecule has 2 N–H and O–H groups in total. The molecule has 0 atom stereocenters. The second-order valence-corrected chi connectivity index (χ2v) is 4.42. The first-order valence-corrected chi connectivity index (χ1v) is 5.59. The first-order chi connectivity index (χ1) is 7.88. The Hall–Kier alpha value is -1.34. The molecule has 3 nitrogen and oxygen atoms in total. The van der Waals surface area contributed by atoms with E-state index in [9.17, 15) is 13.2 Å². The number of nitrogen functional groups attached to an aromatic ring is 1. The van der Waals surface area contributed by atoms with E-state index in [1.807, 2.05) is 0 Å². The van der Waals surface area contributed by atoms with Crippen LogP contribution >= 0.6 is 22.9 Å². The number of thiophene rings is 1. The lowest BCUT2D eigenvalue weighted by Crippen LogP contribution is -2.12. The molecule has 0 aliphatic rings. The number of hydrogen-bond acceptors (Lipinski definition) is 4. The van der Waals surface area contributed by atoms with Gasteiger partial charge in [-0.3, -0.25) is 0 Å². The average Bonchev–Trinajstić information content (AvgIpc) is 2.62. The number of hydrogen-bond donors (Lipinski definition) is 1. The van der Waals surface area contributed by atoms with Crippen molar-refractivity contribution in [3.63, 3.8) is 0 Å². The van der Waals surface area contributed by atoms with Gasteiger partial charge in [0.05, 0.1) is 15.6 Å². The van der Waals surface area contributed by atoms with Gasteiger partial charge in [-0.25, -0.2) is 9.97 Å². The van der Waals surface area contributed by atoms with E-state index in [2.05, 4.69) is 9.97 Å². The van der Waals surface area contributed by atoms with Gasteiger partial charge in [0, 0.05) is 6.07 Å². The Morgan fingerprint density at radius 1 is 1.29 bits per heavy atom. The van der Waals surface area contributed by atoms with Gasteiger partial charge >= 0.3 is 6.18 Å². The molecular formula is C9H5ClF3N3S. The minimum Gasteiger partial charge on any atom is -0.384 e. The predicted molar refractivity (Wildman–Crippen MR) is 59.8 cm³/mol. The van der Waals surface area contributed by atoms with Crippen molar-refractivity contribution in [1.82, 2.24) is 9.97 Å². The van der Waals surface area contributed by atoms with Gasteiger partial charge in [0.1, 0.15) is 5.82 Å². The minimum atomic E-state index is -4.63. The SMILES string of the molecule is Nc1cc(-c2sccc2Cl)nc(C(F)(F)F)n1. The van der Waals surface area contributed by atoms with Crippen LogP contribution in [0.4, 0.5) is 19.0 Å². The molecule has 0 fully saturated rings. The molecule has 17 heavy (non-hydrogen) atoms. The fourth-order valence-corrected chi connectivity index (χ4v) is 2.30. The molecule has 2 aromatic heterocycles. The highest BCUT2D eigenvalue weighted by Crippen LogP contribution is 2.34. The molecule has 0 amide bonds. The van der Waals surface area contributed by atoms with Gasteiger partial charge in [0.25, 0.3) is 0 Å². The molecule has 0 radical (unpaired) electrons. The predicted octanol–water partition coefficient (Wildman–Crippen LogP) is 3.46. The lowest BCUT2D eigenvalue weighted by Gasteiger charge is -2.07. The smallest absolute Gasteiger partial charge is 0.384 e. The molecule has 2 rings (SSSR count). The maximum absolute atomic E-state index is 12.5. The van der Waals surface area contributed by atoms with Gasteiger partial charge in [-0.1, -0.05) is 11.6 Å². The van der Waals surface area contributed by atoms with Crippen LogP contribution < -0.4 is 5.73 Å². The Morgan fingerprint density at radius 2 is 2.00 bits per heavy atom. The van der Waals surface area contributed by atoms with Crippen LogP contribution in [0.5, 0.6) is 0 Å². The number of alkyl halides is 3. The van der Waals surface area contributed by atoms with Crippen molar-refractivity contribution >= 4 is 28.8 Å². The second kappa shape index (κ2) is 4.15. The molecule has 90 valence electrons. The summed E-state index contributed by atoms with van der Waals surface area (Å²) in [7, 11) is 0. The number of halogens is 4. The zero-order valence-corrected chi connectivity index (χ0v) is 9.70. The van der Waals surface area contributed by atoms with Crippen LogP contribution in [0.3, 0.4) is 0 Å². The first-order valence-electron chi connectivity index (χ1n) is 4.33. The van der Waals surface area contributed by atoms with Crippen molar-refractivity contribution in [2.75, 3.05) is 5.73 Å². The van der Waals surface area contributed by atoms with Crippen LogP contribution in [0.2, 0.25) is 5.02 Å². The standard InChI is InChI=1S/C9H5ClF3N3S/c10-4-1-2-17-7(4)5-3-6(14)16-8(15-5)9(11,12)13/h1-3H,(H2,14,15,16). The second-order valence-electron chi connectivity index (χ2n) is 3.10. The highest BCUT2D eigenvalue weighted by molar-refractivity contribution is 7.14. The zero-order valence-electron chi connectivity index (χ0n) is 8.12. The fraction of sp³-hybridized carbons (Fsp3) is 0.111. The van der Waals surface area contributed by atoms with E-state index < -0.39 is 12.0 Å². The number of rotatable bonds is 1. The van der Waals surface area contributed by atoms with Crippen LogP contribution in [0.1, 0.15) is 5.82 Å². The summed E-state index contributed by atoms with van der Waals surface area (Å²) in [4.78, 5) is 7.00. The third-order valence-corrected chi connectivity index (χ3v) is 3.21. The summed E-state index contributed by atoms with van der Waals surface area (Å²) in [6.07, 6.45) is -4.63. The van der Waals surface area contributed by atoms with E-state index in [4.69, 9.17) is 17.3 Å². The Kier molecular flexibility index (Phi) is 2.96. The largest absolute Gasteiger partial charge is 0.451 e. The Labute approximate surface area is 103 Å². The van der Waals surface area contributed by atoms with Gasteiger partial charge in [-0.2, -0.15) is 13.2 Å². The van der Waals surface area contributed by atoms with Crippen molar-refractivity contribution in [2.24, 2.45) is 0 Å². The van der Waals surface area contributed by atoms with Gasteiger partial charge < -0.3 is 5.73 Å². The first kappa shape index (κ1) is 12.1. The maximum Gasteiger partial charge on any atom is 0.451 e. The Morgan fingerprint density at radius 3 is 2.53 bits per heavy atom. The monoisotopic (exact) mass is 279 g/mol. The lowest BCUT2D eigenvalue weighted by atomic mass is 10.3. The topological polar surface area (TPSA) is 51.8 Å². The van der Waals surface area contributed by atoms with Crippen LogP contribution in [-0.2, 0) is 6.18 Å². The van der Waals surface area contributed by atoms with E-state index in [0.717, 1.165) is 0 Å². The molecule has 8 heteroatoms. The quantitative estimate of drug-likeness (QED) is 0.870. The molecule has 0 aliphatic heterocycles. The molecule has 0 bridgehead atoms. The molecule has 0 aliphatic carbocycles. The molecule has 0 spiro atoms. The third kappa shape index (κ3) is 2.50. The van der Waals surface area contributed by atoms with Crippen LogP contribution in [-0.4, -0.2) is 9.97 Å². The van der Waals surface area contributed by atoms with Gasteiger partial charge in [-0.15, -0.1) is 11.3 Å². The van der Waals surface area contributed by atoms with E-state index >= 15 is 0 Å². The highest BCUT2D eigenvalue weighted by Gasteiger charge is 2.35. The molecule has 0 saturated heterocycles. The van der Waals surface area contributed by atoms with Crippen LogP contribution in [0.25, 0.3) is 10.6 Å². The van der Waals surface area contributed by atoms with Crippen molar-refractivity contribution in [3.05, 3.63) is 28.4 Å². The summed E-state index contributed by atoms with van der Waals surface area (Å²) in [6, 6.07) is 2.83.